The van der Waals surface area contributed by atoms with Crippen molar-refractivity contribution in [2.45, 2.75) is 6.42 Å². The lowest BCUT2D eigenvalue weighted by atomic mass is 10.1. The summed E-state index contributed by atoms with van der Waals surface area (Å²) in [7, 11) is 4.10. The fourth-order valence-corrected chi connectivity index (χ4v) is 3.13. The van der Waals surface area contributed by atoms with E-state index in [4.69, 9.17) is 4.74 Å². The molecule has 4 rings (SSSR count). The topological polar surface area (TPSA) is 38.2 Å². The Morgan fingerprint density at radius 2 is 1.73 bits per heavy atom. The molecule has 0 aliphatic heterocycles. The van der Waals surface area contributed by atoms with Crippen molar-refractivity contribution in [3.8, 4) is 5.75 Å². The second kappa shape index (κ2) is 6.84. The first-order chi connectivity index (χ1) is 12.6. The summed E-state index contributed by atoms with van der Waals surface area (Å²) in [5.41, 5.74) is 2.75. The second-order valence-corrected chi connectivity index (χ2v) is 6.65. The number of nitrogens with zero attached hydrogens (tertiary/aromatic N) is 3. The summed E-state index contributed by atoms with van der Waals surface area (Å²) in [5.74, 6) is 0.499. The van der Waals surface area contributed by atoms with Gasteiger partial charge in [0.1, 0.15) is 11.6 Å². The van der Waals surface area contributed by atoms with E-state index >= 15 is 0 Å². The van der Waals surface area contributed by atoms with Gasteiger partial charge in [0.25, 0.3) is 0 Å². The molecule has 0 aliphatic rings. The highest BCUT2D eigenvalue weighted by molar-refractivity contribution is 6.08. The molecule has 0 unspecified atom stereocenters. The fourth-order valence-electron chi connectivity index (χ4n) is 3.13. The molecule has 0 saturated carbocycles. The number of ether oxygens (including phenoxy) is 1. The summed E-state index contributed by atoms with van der Waals surface area (Å²) >= 11 is 0. The van der Waals surface area contributed by atoms with E-state index in [1.807, 2.05) is 30.3 Å². The van der Waals surface area contributed by atoms with Crippen molar-refractivity contribution in [1.29, 1.82) is 0 Å². The molecule has 0 spiro atoms. The monoisotopic (exact) mass is 349 g/mol. The van der Waals surface area contributed by atoms with Crippen molar-refractivity contribution in [2.24, 2.45) is 0 Å². The second-order valence-electron chi connectivity index (χ2n) is 6.65. The van der Waals surface area contributed by atoms with Crippen molar-refractivity contribution in [3.05, 3.63) is 54.3 Å². The maximum Gasteiger partial charge on any atom is 0.129 e. The molecule has 132 valence electrons. The number of fused-ring (bicyclic) bond motifs is 4. The van der Waals surface area contributed by atoms with Gasteiger partial charge in [-0.25, -0.2) is 14.4 Å². The van der Waals surface area contributed by atoms with E-state index in [-0.39, 0.29) is 5.82 Å². The van der Waals surface area contributed by atoms with Gasteiger partial charge in [0.05, 0.1) is 28.7 Å². The Balaban J connectivity index is 1.83. The third-order valence-electron chi connectivity index (χ3n) is 4.38. The molecular formula is C21H20FN3O. The molecule has 0 amide bonds. The number of halogens is 1. The highest BCUT2D eigenvalue weighted by Gasteiger charge is 2.11. The average molecular weight is 349 g/mol. The molecule has 0 N–H and O–H groups in total. The third-order valence-corrected chi connectivity index (χ3v) is 4.38. The maximum absolute atomic E-state index is 13.6. The number of aromatic nitrogens is 2. The van der Waals surface area contributed by atoms with Crippen LogP contribution in [0, 0.1) is 5.82 Å². The summed E-state index contributed by atoms with van der Waals surface area (Å²) in [6.07, 6.45) is 0.946. The van der Waals surface area contributed by atoms with Crippen LogP contribution in [0.2, 0.25) is 0 Å². The Kier molecular flexibility index (Phi) is 4.39. The smallest absolute Gasteiger partial charge is 0.129 e. The summed E-state index contributed by atoms with van der Waals surface area (Å²) in [5, 5.41) is 1.96. The summed E-state index contributed by atoms with van der Waals surface area (Å²) < 4.78 is 19.6. The molecule has 3 aromatic carbocycles. The molecule has 0 bridgehead atoms. The van der Waals surface area contributed by atoms with Crippen molar-refractivity contribution in [1.82, 2.24) is 14.9 Å². The predicted molar refractivity (Wildman–Crippen MR) is 103 cm³/mol. The Morgan fingerprint density at radius 1 is 0.923 bits per heavy atom. The SMILES string of the molecule is CN(C)CCCOc1cc2nc3ccc(F)cc3nc2c2ccccc12. The van der Waals surface area contributed by atoms with E-state index in [2.05, 4.69) is 29.0 Å². The standard InChI is InChI=1S/C21H20FN3O/c1-25(2)10-5-11-26-20-13-19-21(16-7-4-3-6-15(16)20)24-18-12-14(22)8-9-17(18)23-19/h3-4,6-9,12-13H,5,10-11H2,1-2H3. The van der Waals surface area contributed by atoms with Gasteiger partial charge in [-0.3, -0.25) is 0 Å². The fraction of sp³-hybridized carbons (Fsp3) is 0.238. The van der Waals surface area contributed by atoms with Crippen LogP contribution in [-0.4, -0.2) is 42.1 Å². The lowest BCUT2D eigenvalue weighted by Crippen LogP contribution is -2.15. The van der Waals surface area contributed by atoms with Crippen molar-refractivity contribution >= 4 is 32.8 Å². The first-order valence-corrected chi connectivity index (χ1v) is 8.68. The van der Waals surface area contributed by atoms with Gasteiger partial charge in [0.15, 0.2) is 0 Å². The molecule has 4 aromatic rings. The Labute approximate surface area is 151 Å². The van der Waals surface area contributed by atoms with Gasteiger partial charge >= 0.3 is 0 Å². The molecule has 0 atom stereocenters. The lowest BCUT2D eigenvalue weighted by Gasteiger charge is -2.13. The Hall–Kier alpha value is -2.79. The van der Waals surface area contributed by atoms with Crippen LogP contribution in [0.3, 0.4) is 0 Å². The van der Waals surface area contributed by atoms with E-state index in [0.717, 1.165) is 40.5 Å². The highest BCUT2D eigenvalue weighted by Crippen LogP contribution is 2.32. The van der Waals surface area contributed by atoms with Crippen molar-refractivity contribution in [3.63, 3.8) is 0 Å². The van der Waals surface area contributed by atoms with Gasteiger partial charge < -0.3 is 9.64 Å². The number of rotatable bonds is 5. The lowest BCUT2D eigenvalue weighted by molar-refractivity contribution is 0.284. The van der Waals surface area contributed by atoms with Crippen molar-refractivity contribution < 1.29 is 9.13 Å². The van der Waals surface area contributed by atoms with E-state index in [9.17, 15) is 4.39 Å². The molecule has 0 saturated heterocycles. The zero-order valence-electron chi connectivity index (χ0n) is 14.9. The van der Waals surface area contributed by atoms with Gasteiger partial charge in [-0.15, -0.1) is 0 Å². The van der Waals surface area contributed by atoms with Gasteiger partial charge in [-0.05, 0) is 32.6 Å². The molecule has 1 heterocycles. The largest absolute Gasteiger partial charge is 0.493 e. The van der Waals surface area contributed by atoms with E-state index in [0.29, 0.717) is 17.6 Å². The normalized spacial score (nSPS) is 11.7. The maximum atomic E-state index is 13.6. The summed E-state index contributed by atoms with van der Waals surface area (Å²) in [6, 6.07) is 14.4. The molecule has 4 nitrogen and oxygen atoms in total. The Morgan fingerprint density at radius 3 is 2.54 bits per heavy atom. The van der Waals surface area contributed by atoms with Crippen LogP contribution in [0.4, 0.5) is 4.39 Å². The molecule has 26 heavy (non-hydrogen) atoms. The molecular weight excluding hydrogens is 329 g/mol. The number of hydrogen-bond donors (Lipinski definition) is 0. The third kappa shape index (κ3) is 3.18. The minimum Gasteiger partial charge on any atom is -0.493 e. The van der Waals surface area contributed by atoms with Crippen LogP contribution in [-0.2, 0) is 0 Å². The first kappa shape index (κ1) is 16.7. The molecule has 0 aliphatic carbocycles. The molecule has 5 heteroatoms. The predicted octanol–water partition coefficient (Wildman–Crippen LogP) is 4.41. The minimum atomic E-state index is -0.309. The van der Waals surface area contributed by atoms with E-state index < -0.39 is 0 Å². The first-order valence-electron chi connectivity index (χ1n) is 8.68. The Bertz CT molecular complexity index is 1090. The zero-order chi connectivity index (χ0) is 18.1. The van der Waals surface area contributed by atoms with Crippen LogP contribution in [0.15, 0.2) is 48.5 Å². The average Bonchev–Trinajstić information content (AvgIpc) is 2.63. The summed E-state index contributed by atoms with van der Waals surface area (Å²) in [6.45, 7) is 1.61. The quantitative estimate of drug-likeness (QED) is 0.304. The van der Waals surface area contributed by atoms with Crippen LogP contribution < -0.4 is 4.74 Å². The number of benzene rings is 3. The van der Waals surface area contributed by atoms with Crippen LogP contribution in [0.25, 0.3) is 32.8 Å². The van der Waals surface area contributed by atoms with Crippen molar-refractivity contribution in [2.75, 3.05) is 27.2 Å². The molecule has 0 radical (unpaired) electrons. The van der Waals surface area contributed by atoms with Crippen LogP contribution in [0.5, 0.6) is 5.75 Å². The van der Waals surface area contributed by atoms with Gasteiger partial charge in [0, 0.05) is 29.4 Å². The molecule has 1 aromatic heterocycles. The van der Waals surface area contributed by atoms with Gasteiger partial charge in [-0.1, -0.05) is 24.3 Å². The highest BCUT2D eigenvalue weighted by atomic mass is 19.1. The van der Waals surface area contributed by atoms with Crippen LogP contribution >= 0.6 is 0 Å². The van der Waals surface area contributed by atoms with Gasteiger partial charge in [0.2, 0.25) is 0 Å². The minimum absolute atomic E-state index is 0.309. The van der Waals surface area contributed by atoms with E-state index in [1.165, 1.54) is 12.1 Å². The van der Waals surface area contributed by atoms with Crippen LogP contribution in [0.1, 0.15) is 6.42 Å². The summed E-state index contributed by atoms with van der Waals surface area (Å²) in [4.78, 5) is 11.5. The number of hydrogen-bond acceptors (Lipinski definition) is 4. The zero-order valence-corrected chi connectivity index (χ0v) is 14.9. The van der Waals surface area contributed by atoms with Gasteiger partial charge in [-0.2, -0.15) is 0 Å². The molecule has 0 fully saturated rings. The van der Waals surface area contributed by atoms with E-state index in [1.54, 1.807) is 6.07 Å².